The summed E-state index contributed by atoms with van der Waals surface area (Å²) < 4.78 is 11.4. The summed E-state index contributed by atoms with van der Waals surface area (Å²) in [5.41, 5.74) is 3.53. The van der Waals surface area contributed by atoms with Crippen molar-refractivity contribution in [3.8, 4) is 17.1 Å². The second-order valence-corrected chi connectivity index (χ2v) is 8.61. The number of furan rings is 1. The highest BCUT2D eigenvalue weighted by Crippen LogP contribution is 2.33. The molecule has 174 valence electrons. The number of ether oxygens (including phenoxy) is 1. The molecule has 0 aliphatic heterocycles. The third kappa shape index (κ3) is 5.46. The third-order valence-corrected chi connectivity index (χ3v) is 5.39. The number of carbonyl (C=O) groups is 2. The molecular formula is C28H27NO5. The van der Waals surface area contributed by atoms with Crippen LogP contribution in [-0.4, -0.2) is 23.5 Å². The number of nitrogens with one attached hydrogen (secondary N) is 1. The summed E-state index contributed by atoms with van der Waals surface area (Å²) in [5.74, 6) is 0.485. The van der Waals surface area contributed by atoms with Gasteiger partial charge in [0.25, 0.3) is 5.91 Å². The smallest absolute Gasteiger partial charge is 0.310 e. The van der Waals surface area contributed by atoms with Gasteiger partial charge in [0.05, 0.1) is 12.0 Å². The fourth-order valence-electron chi connectivity index (χ4n) is 3.61. The van der Waals surface area contributed by atoms with Crippen molar-refractivity contribution >= 4 is 22.8 Å². The van der Waals surface area contributed by atoms with E-state index in [4.69, 9.17) is 9.15 Å². The van der Waals surface area contributed by atoms with Crippen LogP contribution in [0.2, 0.25) is 0 Å². The Balaban J connectivity index is 1.48. The predicted molar refractivity (Wildman–Crippen MR) is 130 cm³/mol. The van der Waals surface area contributed by atoms with Crippen LogP contribution in [0.5, 0.6) is 5.75 Å². The van der Waals surface area contributed by atoms with E-state index >= 15 is 0 Å². The lowest BCUT2D eigenvalue weighted by atomic mass is 10.0. The van der Waals surface area contributed by atoms with Crippen molar-refractivity contribution in [1.29, 1.82) is 0 Å². The van der Waals surface area contributed by atoms with Gasteiger partial charge in [-0.1, -0.05) is 68.4 Å². The van der Waals surface area contributed by atoms with E-state index < -0.39 is 0 Å². The molecule has 0 aliphatic rings. The number of carbonyl (C=O) groups excluding carboxylic acids is 2. The lowest BCUT2D eigenvalue weighted by Gasteiger charge is -2.09. The van der Waals surface area contributed by atoms with Crippen molar-refractivity contribution in [3.05, 3.63) is 89.5 Å². The average Bonchev–Trinajstić information content (AvgIpc) is 3.23. The van der Waals surface area contributed by atoms with Gasteiger partial charge in [-0.25, -0.2) is 0 Å². The molecule has 0 aliphatic carbocycles. The first-order chi connectivity index (χ1) is 16.4. The molecule has 34 heavy (non-hydrogen) atoms. The van der Waals surface area contributed by atoms with E-state index in [9.17, 15) is 14.7 Å². The normalized spacial score (nSPS) is 11.0. The minimum absolute atomic E-state index is 0.131. The van der Waals surface area contributed by atoms with Gasteiger partial charge in [0.1, 0.15) is 23.7 Å². The number of phenols is 1. The quantitative estimate of drug-likeness (QED) is 0.342. The first-order valence-corrected chi connectivity index (χ1v) is 11.2. The monoisotopic (exact) mass is 457 g/mol. The molecule has 1 heterocycles. The highest BCUT2D eigenvalue weighted by Gasteiger charge is 2.22. The molecule has 4 rings (SSSR count). The summed E-state index contributed by atoms with van der Waals surface area (Å²) in [6, 6.07) is 21.4. The summed E-state index contributed by atoms with van der Waals surface area (Å²) in [4.78, 5) is 25.1. The number of benzene rings is 3. The van der Waals surface area contributed by atoms with Crippen LogP contribution in [0.3, 0.4) is 0 Å². The van der Waals surface area contributed by atoms with E-state index in [2.05, 4.69) is 5.32 Å². The molecule has 0 saturated carbocycles. The van der Waals surface area contributed by atoms with Crippen LogP contribution in [0.25, 0.3) is 22.3 Å². The molecule has 0 spiro atoms. The molecule has 4 aromatic rings. The Morgan fingerprint density at radius 1 is 0.941 bits per heavy atom. The van der Waals surface area contributed by atoms with Gasteiger partial charge in [0.2, 0.25) is 0 Å². The van der Waals surface area contributed by atoms with Crippen molar-refractivity contribution in [2.45, 2.75) is 26.9 Å². The number of para-hydroxylation sites is 1. The molecule has 0 unspecified atom stereocenters. The second kappa shape index (κ2) is 10.3. The number of phenolic OH excluding ortho intramolecular Hbond substituents is 1. The van der Waals surface area contributed by atoms with Crippen molar-refractivity contribution < 1.29 is 23.8 Å². The standard InChI is InChI=1S/C28H27NO5/c1-18(2)16-29-28(32)26-23-5-3-4-6-24(23)34-27(26)21-11-7-20(8-12-21)17-33-25(31)15-19-9-13-22(30)14-10-19/h3-14,18,30H,15-17H2,1-2H3,(H,29,32). The summed E-state index contributed by atoms with van der Waals surface area (Å²) in [5, 5.41) is 13.1. The average molecular weight is 458 g/mol. The van der Waals surface area contributed by atoms with Gasteiger partial charge >= 0.3 is 5.97 Å². The van der Waals surface area contributed by atoms with Crippen molar-refractivity contribution in [3.63, 3.8) is 0 Å². The Kier molecular flexibility index (Phi) is 6.97. The Morgan fingerprint density at radius 2 is 1.62 bits per heavy atom. The minimum atomic E-state index is -0.351. The summed E-state index contributed by atoms with van der Waals surface area (Å²) >= 11 is 0. The maximum atomic E-state index is 13.0. The Bertz CT molecular complexity index is 1290. The van der Waals surface area contributed by atoms with Crippen LogP contribution < -0.4 is 5.32 Å². The van der Waals surface area contributed by atoms with E-state index in [1.165, 1.54) is 12.1 Å². The zero-order chi connectivity index (χ0) is 24.1. The summed E-state index contributed by atoms with van der Waals surface area (Å²) in [7, 11) is 0. The molecule has 1 amide bonds. The zero-order valence-corrected chi connectivity index (χ0v) is 19.2. The van der Waals surface area contributed by atoms with Gasteiger partial charge in [-0.15, -0.1) is 0 Å². The molecular weight excluding hydrogens is 430 g/mol. The first-order valence-electron chi connectivity index (χ1n) is 11.2. The Labute approximate surface area is 198 Å². The van der Waals surface area contributed by atoms with Crippen molar-refractivity contribution in [2.24, 2.45) is 5.92 Å². The highest BCUT2D eigenvalue weighted by atomic mass is 16.5. The molecule has 0 saturated heterocycles. The summed E-state index contributed by atoms with van der Waals surface area (Å²) in [6.07, 6.45) is 0.131. The Hall–Kier alpha value is -4.06. The first kappa shape index (κ1) is 23.1. The lowest BCUT2D eigenvalue weighted by Crippen LogP contribution is -2.27. The van der Waals surface area contributed by atoms with Gasteiger partial charge in [0, 0.05) is 17.5 Å². The van der Waals surface area contributed by atoms with Crippen LogP contribution >= 0.6 is 0 Å². The molecule has 1 aromatic heterocycles. The number of aromatic hydroxyl groups is 1. The van der Waals surface area contributed by atoms with Crippen LogP contribution in [0.1, 0.15) is 35.3 Å². The number of hydrogen-bond acceptors (Lipinski definition) is 5. The molecule has 0 atom stereocenters. The van der Waals surface area contributed by atoms with Crippen molar-refractivity contribution in [2.75, 3.05) is 6.54 Å². The van der Waals surface area contributed by atoms with Crippen LogP contribution in [0, 0.1) is 5.92 Å². The molecule has 0 fully saturated rings. The van der Waals surface area contributed by atoms with Crippen LogP contribution in [0.15, 0.2) is 77.2 Å². The summed E-state index contributed by atoms with van der Waals surface area (Å²) in [6.45, 7) is 4.81. The van der Waals surface area contributed by atoms with Gasteiger partial charge in [-0.3, -0.25) is 9.59 Å². The van der Waals surface area contributed by atoms with Crippen molar-refractivity contribution in [1.82, 2.24) is 5.32 Å². The number of amides is 1. The van der Waals surface area contributed by atoms with E-state index in [0.717, 1.165) is 22.1 Å². The SMILES string of the molecule is CC(C)CNC(=O)c1c(-c2ccc(COC(=O)Cc3ccc(O)cc3)cc2)oc2ccccc12. The molecule has 6 heteroatoms. The predicted octanol–water partition coefficient (Wildman–Crippen LogP) is 5.48. The molecule has 3 aromatic carbocycles. The molecule has 0 bridgehead atoms. The minimum Gasteiger partial charge on any atom is -0.508 e. The number of fused-ring (bicyclic) bond motifs is 1. The largest absolute Gasteiger partial charge is 0.508 e. The van der Waals surface area contributed by atoms with Gasteiger partial charge in [-0.05, 0) is 35.2 Å². The lowest BCUT2D eigenvalue weighted by molar-refractivity contribution is -0.144. The second-order valence-electron chi connectivity index (χ2n) is 8.61. The zero-order valence-electron chi connectivity index (χ0n) is 19.2. The highest BCUT2D eigenvalue weighted by molar-refractivity contribution is 6.11. The van der Waals surface area contributed by atoms with Crippen LogP contribution in [-0.2, 0) is 22.6 Å². The maximum absolute atomic E-state index is 13.0. The number of hydrogen-bond donors (Lipinski definition) is 2. The molecule has 6 nitrogen and oxygen atoms in total. The van der Waals surface area contributed by atoms with E-state index in [1.54, 1.807) is 12.1 Å². The van der Waals surface area contributed by atoms with Gasteiger partial charge < -0.3 is 19.6 Å². The van der Waals surface area contributed by atoms with E-state index in [1.807, 2.05) is 62.4 Å². The molecule has 2 N–H and O–H groups in total. The van der Waals surface area contributed by atoms with Crippen LogP contribution in [0.4, 0.5) is 0 Å². The fraction of sp³-hybridized carbons (Fsp3) is 0.214. The number of rotatable bonds is 8. The molecule has 0 radical (unpaired) electrons. The van der Waals surface area contributed by atoms with Gasteiger partial charge in [-0.2, -0.15) is 0 Å². The number of esters is 1. The fourth-order valence-corrected chi connectivity index (χ4v) is 3.61. The third-order valence-electron chi connectivity index (χ3n) is 5.39. The van der Waals surface area contributed by atoms with E-state index in [-0.39, 0.29) is 30.7 Å². The maximum Gasteiger partial charge on any atom is 0.310 e. The topological polar surface area (TPSA) is 88.8 Å². The van der Waals surface area contributed by atoms with E-state index in [0.29, 0.717) is 29.4 Å². The van der Waals surface area contributed by atoms with Gasteiger partial charge in [0.15, 0.2) is 0 Å². The Morgan fingerprint density at radius 3 is 2.32 bits per heavy atom.